The fourth-order valence-electron chi connectivity index (χ4n) is 2.16. The Morgan fingerprint density at radius 2 is 2.09 bits per heavy atom. The minimum Gasteiger partial charge on any atom is -0.464 e. The summed E-state index contributed by atoms with van der Waals surface area (Å²) < 4.78 is 24.7. The van der Waals surface area contributed by atoms with E-state index in [0.717, 1.165) is 11.3 Å². The number of hydrogen-bond acceptors (Lipinski definition) is 4. The zero-order chi connectivity index (χ0) is 15.5. The molecule has 0 aliphatic carbocycles. The van der Waals surface area contributed by atoms with Gasteiger partial charge in [-0.1, -0.05) is 17.3 Å². The van der Waals surface area contributed by atoms with Crippen LogP contribution >= 0.6 is 0 Å². The summed E-state index contributed by atoms with van der Waals surface area (Å²) in [7, 11) is 1.29. The summed E-state index contributed by atoms with van der Waals surface area (Å²) in [5.41, 5.74) is 1.84. The lowest BCUT2D eigenvalue weighted by Crippen LogP contribution is -2.01. The van der Waals surface area contributed by atoms with Crippen molar-refractivity contribution in [2.24, 2.45) is 0 Å². The number of methoxy groups -OCH3 is 1. The predicted molar refractivity (Wildman–Crippen MR) is 76.8 cm³/mol. The maximum absolute atomic E-state index is 12.9. The molecule has 0 aliphatic heterocycles. The van der Waals surface area contributed by atoms with Gasteiger partial charge in [0.15, 0.2) is 11.5 Å². The summed E-state index contributed by atoms with van der Waals surface area (Å²) >= 11 is 0. The van der Waals surface area contributed by atoms with Gasteiger partial charge in [0.05, 0.1) is 12.8 Å². The second kappa shape index (κ2) is 5.85. The molecule has 0 atom stereocenters. The largest absolute Gasteiger partial charge is 0.464 e. The van der Waals surface area contributed by atoms with Gasteiger partial charge in [-0.15, -0.1) is 0 Å². The minimum absolute atomic E-state index is 0.118. The Balaban J connectivity index is 1.87. The van der Waals surface area contributed by atoms with Gasteiger partial charge in [0, 0.05) is 18.8 Å². The van der Waals surface area contributed by atoms with E-state index < -0.39 is 5.97 Å². The smallest absolute Gasteiger partial charge is 0.360 e. The van der Waals surface area contributed by atoms with E-state index in [0.29, 0.717) is 12.3 Å². The summed E-state index contributed by atoms with van der Waals surface area (Å²) in [5.74, 6) is -0.353. The van der Waals surface area contributed by atoms with Crippen LogP contribution in [0.3, 0.4) is 0 Å². The highest BCUT2D eigenvalue weighted by Crippen LogP contribution is 2.22. The van der Waals surface area contributed by atoms with Crippen LogP contribution in [0.15, 0.2) is 53.2 Å². The number of benzene rings is 1. The van der Waals surface area contributed by atoms with E-state index in [2.05, 4.69) is 9.89 Å². The Labute approximate surface area is 125 Å². The third-order valence-corrected chi connectivity index (χ3v) is 3.25. The van der Waals surface area contributed by atoms with E-state index in [4.69, 9.17) is 4.52 Å². The summed E-state index contributed by atoms with van der Waals surface area (Å²) in [6, 6.07) is 11.5. The van der Waals surface area contributed by atoms with Crippen molar-refractivity contribution in [3.63, 3.8) is 0 Å². The molecule has 112 valence electrons. The summed E-state index contributed by atoms with van der Waals surface area (Å²) in [6.07, 6.45) is 1.87. The zero-order valence-electron chi connectivity index (χ0n) is 11.8. The molecule has 5 nitrogen and oxygen atoms in total. The molecule has 3 aromatic rings. The quantitative estimate of drug-likeness (QED) is 0.695. The van der Waals surface area contributed by atoms with Crippen LogP contribution < -0.4 is 0 Å². The fraction of sp³-hybridized carbons (Fsp3) is 0.125. The van der Waals surface area contributed by atoms with E-state index in [1.807, 2.05) is 22.9 Å². The van der Waals surface area contributed by atoms with Crippen molar-refractivity contribution in [2.75, 3.05) is 7.11 Å². The molecule has 6 heteroatoms. The number of aromatic nitrogens is 2. The topological polar surface area (TPSA) is 57.3 Å². The van der Waals surface area contributed by atoms with Gasteiger partial charge in [-0.25, -0.2) is 9.18 Å². The number of nitrogens with zero attached hydrogens (tertiary/aromatic N) is 2. The number of esters is 1. The molecule has 0 spiro atoms. The standard InChI is InChI=1S/C16H13FN2O3/c1-21-16(20)13-9-15(22-18-13)14-3-2-8-19(14)10-11-4-6-12(17)7-5-11/h2-9H,10H2,1H3. The van der Waals surface area contributed by atoms with Crippen molar-refractivity contribution < 1.29 is 18.4 Å². The SMILES string of the molecule is COC(=O)c1cc(-c2cccn2Cc2ccc(F)cc2)on1. The number of carbonyl (C=O) groups excluding carboxylic acids is 1. The Hall–Kier alpha value is -2.89. The molecule has 1 aromatic carbocycles. The highest BCUT2D eigenvalue weighted by atomic mass is 19.1. The minimum atomic E-state index is -0.549. The fourth-order valence-corrected chi connectivity index (χ4v) is 2.16. The molecule has 0 bridgehead atoms. The van der Waals surface area contributed by atoms with E-state index in [9.17, 15) is 9.18 Å². The van der Waals surface area contributed by atoms with Crippen molar-refractivity contribution in [1.82, 2.24) is 9.72 Å². The van der Waals surface area contributed by atoms with Crippen molar-refractivity contribution in [2.45, 2.75) is 6.54 Å². The van der Waals surface area contributed by atoms with Crippen molar-refractivity contribution >= 4 is 5.97 Å². The van der Waals surface area contributed by atoms with Gasteiger partial charge in [-0.05, 0) is 29.8 Å². The van der Waals surface area contributed by atoms with Crippen LogP contribution in [0.25, 0.3) is 11.5 Å². The first-order valence-electron chi connectivity index (χ1n) is 6.62. The van der Waals surface area contributed by atoms with Crippen molar-refractivity contribution in [3.05, 3.63) is 65.7 Å². The highest BCUT2D eigenvalue weighted by molar-refractivity contribution is 5.88. The molecule has 0 radical (unpaired) electrons. The van der Waals surface area contributed by atoms with Crippen LogP contribution in [0.2, 0.25) is 0 Å². The Morgan fingerprint density at radius 3 is 2.82 bits per heavy atom. The highest BCUT2D eigenvalue weighted by Gasteiger charge is 2.16. The zero-order valence-corrected chi connectivity index (χ0v) is 11.8. The van der Waals surface area contributed by atoms with Crippen LogP contribution in [-0.4, -0.2) is 22.8 Å². The maximum atomic E-state index is 12.9. The molecule has 22 heavy (non-hydrogen) atoms. The third kappa shape index (κ3) is 2.76. The average Bonchev–Trinajstić information content (AvgIpc) is 3.17. The molecule has 0 N–H and O–H groups in total. The number of hydrogen-bond donors (Lipinski definition) is 0. The molecule has 0 fully saturated rings. The van der Waals surface area contributed by atoms with Gasteiger partial charge in [-0.3, -0.25) is 0 Å². The summed E-state index contributed by atoms with van der Waals surface area (Å²) in [6.45, 7) is 0.552. The van der Waals surface area contributed by atoms with Crippen LogP contribution in [0, 0.1) is 5.82 Å². The van der Waals surface area contributed by atoms with E-state index in [1.165, 1.54) is 25.3 Å². The summed E-state index contributed by atoms with van der Waals surface area (Å²) in [5, 5.41) is 3.69. The number of halogens is 1. The lowest BCUT2D eigenvalue weighted by atomic mass is 10.2. The number of rotatable bonds is 4. The van der Waals surface area contributed by atoms with E-state index in [-0.39, 0.29) is 11.5 Å². The molecule has 2 heterocycles. The Bertz CT molecular complexity index is 790. The molecule has 0 aliphatic rings. The van der Waals surface area contributed by atoms with Crippen LogP contribution in [-0.2, 0) is 11.3 Å². The normalized spacial score (nSPS) is 10.6. The monoisotopic (exact) mass is 300 g/mol. The van der Waals surface area contributed by atoms with Crippen molar-refractivity contribution in [1.29, 1.82) is 0 Å². The van der Waals surface area contributed by atoms with Crippen LogP contribution in [0.4, 0.5) is 4.39 Å². The van der Waals surface area contributed by atoms with Crippen molar-refractivity contribution in [3.8, 4) is 11.5 Å². The first-order chi connectivity index (χ1) is 10.7. The lowest BCUT2D eigenvalue weighted by Gasteiger charge is -2.07. The first kappa shape index (κ1) is 14.1. The Kier molecular flexibility index (Phi) is 3.74. The van der Waals surface area contributed by atoms with E-state index >= 15 is 0 Å². The van der Waals surface area contributed by atoms with Gasteiger partial charge in [0.2, 0.25) is 0 Å². The first-order valence-corrected chi connectivity index (χ1v) is 6.62. The molecular weight excluding hydrogens is 287 g/mol. The third-order valence-electron chi connectivity index (χ3n) is 3.25. The lowest BCUT2D eigenvalue weighted by molar-refractivity contribution is 0.0589. The predicted octanol–water partition coefficient (Wildman–Crippen LogP) is 3.12. The number of carbonyl (C=O) groups is 1. The molecular formula is C16H13FN2O3. The molecule has 0 amide bonds. The second-order valence-corrected chi connectivity index (χ2v) is 4.72. The summed E-state index contributed by atoms with van der Waals surface area (Å²) in [4.78, 5) is 11.4. The number of ether oxygens (including phenoxy) is 1. The van der Waals surface area contributed by atoms with Crippen LogP contribution in [0.1, 0.15) is 16.1 Å². The van der Waals surface area contributed by atoms with Crippen LogP contribution in [0.5, 0.6) is 0 Å². The second-order valence-electron chi connectivity index (χ2n) is 4.72. The van der Waals surface area contributed by atoms with E-state index in [1.54, 1.807) is 12.1 Å². The molecule has 0 saturated heterocycles. The molecule has 0 unspecified atom stereocenters. The van der Waals surface area contributed by atoms with Gasteiger partial charge in [0.1, 0.15) is 5.82 Å². The molecule has 2 aromatic heterocycles. The molecule has 0 saturated carbocycles. The Morgan fingerprint density at radius 1 is 1.32 bits per heavy atom. The van der Waals surface area contributed by atoms with Gasteiger partial charge in [0.25, 0.3) is 0 Å². The van der Waals surface area contributed by atoms with Gasteiger partial charge >= 0.3 is 5.97 Å². The van der Waals surface area contributed by atoms with Gasteiger partial charge in [-0.2, -0.15) is 0 Å². The van der Waals surface area contributed by atoms with Gasteiger partial charge < -0.3 is 13.8 Å². The molecule has 3 rings (SSSR count). The maximum Gasteiger partial charge on any atom is 0.360 e. The average molecular weight is 300 g/mol.